The minimum Gasteiger partial charge on any atom is -0.481 e. The average Bonchev–Trinajstić information content (AvgIpc) is 2.55. The van der Waals surface area contributed by atoms with Crippen LogP contribution in [0.15, 0.2) is 42.5 Å². The molecule has 8 nitrogen and oxygen atoms in total. The molecule has 2 aromatic rings. The van der Waals surface area contributed by atoms with Crippen LogP contribution in [0, 0.1) is 5.82 Å². The maximum atomic E-state index is 13.3. The highest BCUT2D eigenvalue weighted by molar-refractivity contribution is 8.03. The number of anilines is 3. The Balaban J connectivity index is 2.18. The van der Waals surface area contributed by atoms with Crippen molar-refractivity contribution < 1.29 is 31.1 Å². The highest BCUT2D eigenvalue weighted by Crippen LogP contribution is 2.45. The van der Waals surface area contributed by atoms with Gasteiger partial charge in [-0.15, -0.1) is 0 Å². The van der Waals surface area contributed by atoms with Crippen LogP contribution in [0.4, 0.5) is 21.5 Å². The summed E-state index contributed by atoms with van der Waals surface area (Å²) in [5, 5.41) is 10.8. The molecule has 1 aliphatic heterocycles. The first kappa shape index (κ1) is 20.4. The third kappa shape index (κ3) is 3.64. The first-order valence-corrected chi connectivity index (χ1v) is 11.1. The van der Waals surface area contributed by atoms with E-state index >= 15 is 0 Å². The van der Waals surface area contributed by atoms with Gasteiger partial charge in [-0.3, -0.25) is 0 Å². The minimum atomic E-state index is -4.08. The number of nitrogens with zero attached hydrogens (tertiary/aromatic N) is 2. The van der Waals surface area contributed by atoms with Gasteiger partial charge in [0.2, 0.25) is 20.9 Å². The Hall–Kier alpha value is -2.37. The Kier molecular flexibility index (Phi) is 5.02. The van der Waals surface area contributed by atoms with E-state index in [1.54, 1.807) is 13.8 Å². The van der Waals surface area contributed by atoms with Gasteiger partial charge >= 0.3 is 0 Å². The number of sulfonamides is 1. The van der Waals surface area contributed by atoms with E-state index in [9.17, 15) is 26.3 Å². The first-order chi connectivity index (χ1) is 12.9. The van der Waals surface area contributed by atoms with E-state index < -0.39 is 38.6 Å². The SMILES string of the molecule is CC1(C)Oc2cc(N([SH](=O)=O)S(C)(=O)=O)ccc2N(c2ccc(F)cc2)C1O. The third-order valence-electron chi connectivity index (χ3n) is 4.23. The van der Waals surface area contributed by atoms with Gasteiger partial charge in [0.15, 0.2) is 6.23 Å². The molecule has 1 aliphatic rings. The number of thiol groups is 1. The van der Waals surface area contributed by atoms with Crippen LogP contribution in [0.2, 0.25) is 0 Å². The summed E-state index contributed by atoms with van der Waals surface area (Å²) in [5.74, 6) is -0.271. The molecular weight excluding hydrogens is 411 g/mol. The summed E-state index contributed by atoms with van der Waals surface area (Å²) in [5.41, 5.74) is -0.398. The second-order valence-electron chi connectivity index (χ2n) is 6.82. The van der Waals surface area contributed by atoms with Gasteiger partial charge in [-0.1, -0.05) is 0 Å². The van der Waals surface area contributed by atoms with Crippen molar-refractivity contribution in [1.82, 2.24) is 0 Å². The Morgan fingerprint density at radius 1 is 1.18 bits per heavy atom. The molecule has 0 radical (unpaired) electrons. The fraction of sp³-hybridized carbons (Fsp3) is 0.294. The van der Waals surface area contributed by atoms with E-state index in [4.69, 9.17) is 4.74 Å². The fourth-order valence-electron chi connectivity index (χ4n) is 2.97. The van der Waals surface area contributed by atoms with Crippen molar-refractivity contribution >= 4 is 38.0 Å². The molecule has 3 rings (SSSR count). The van der Waals surface area contributed by atoms with Crippen molar-refractivity contribution in [2.75, 3.05) is 14.9 Å². The standard InChI is InChI=1S/C17H19FN2O6S2/c1-17(2)16(21)19(12-6-4-11(18)5-7-12)14-9-8-13(10-15(14)26-17)20(27(22)23)28(3,24)25/h4-10,16,21,27H,1-3H3. The van der Waals surface area contributed by atoms with Crippen LogP contribution in [0.1, 0.15) is 13.8 Å². The molecule has 1 atom stereocenters. The van der Waals surface area contributed by atoms with Crippen molar-refractivity contribution in [3.8, 4) is 5.75 Å². The van der Waals surface area contributed by atoms with E-state index in [2.05, 4.69) is 0 Å². The Morgan fingerprint density at radius 2 is 1.79 bits per heavy atom. The fourth-order valence-corrected chi connectivity index (χ4v) is 4.75. The monoisotopic (exact) mass is 430 g/mol. The minimum absolute atomic E-state index is 0.122. The van der Waals surface area contributed by atoms with Crippen LogP contribution >= 0.6 is 0 Å². The summed E-state index contributed by atoms with van der Waals surface area (Å²) in [7, 11) is -7.52. The molecule has 1 N–H and O–H groups in total. The van der Waals surface area contributed by atoms with Gasteiger partial charge in [0, 0.05) is 11.8 Å². The van der Waals surface area contributed by atoms with Gasteiger partial charge in [-0.25, -0.2) is 21.2 Å². The zero-order valence-corrected chi connectivity index (χ0v) is 16.9. The zero-order valence-electron chi connectivity index (χ0n) is 15.2. The lowest BCUT2D eigenvalue weighted by Gasteiger charge is -2.45. The molecule has 1 heterocycles. The van der Waals surface area contributed by atoms with Gasteiger partial charge in [-0.2, -0.15) is 3.71 Å². The quantitative estimate of drug-likeness (QED) is 0.712. The van der Waals surface area contributed by atoms with E-state index in [0.29, 0.717) is 11.4 Å². The van der Waals surface area contributed by atoms with Gasteiger partial charge in [0.1, 0.15) is 17.2 Å². The van der Waals surface area contributed by atoms with Gasteiger partial charge < -0.3 is 14.7 Å². The number of aliphatic hydroxyl groups excluding tert-OH is 1. The molecule has 1 unspecified atom stereocenters. The van der Waals surface area contributed by atoms with Crippen molar-refractivity contribution in [3.63, 3.8) is 0 Å². The van der Waals surface area contributed by atoms with Crippen molar-refractivity contribution in [1.29, 1.82) is 0 Å². The molecule has 11 heteroatoms. The number of fused-ring (bicyclic) bond motifs is 1. The van der Waals surface area contributed by atoms with Crippen LogP contribution in [-0.4, -0.2) is 40.0 Å². The molecule has 0 aliphatic carbocycles. The maximum absolute atomic E-state index is 13.3. The van der Waals surface area contributed by atoms with E-state index in [0.717, 1.165) is 6.26 Å². The van der Waals surface area contributed by atoms with E-state index in [1.165, 1.54) is 47.4 Å². The third-order valence-corrected chi connectivity index (χ3v) is 6.89. The van der Waals surface area contributed by atoms with E-state index in [-0.39, 0.29) is 15.1 Å². The number of benzene rings is 2. The largest absolute Gasteiger partial charge is 0.481 e. The Morgan fingerprint density at radius 3 is 2.32 bits per heavy atom. The Labute approximate surface area is 163 Å². The molecule has 0 aromatic heterocycles. The lowest BCUT2D eigenvalue weighted by Crippen LogP contribution is -2.54. The van der Waals surface area contributed by atoms with Crippen LogP contribution in [0.25, 0.3) is 0 Å². The number of aliphatic hydroxyl groups is 1. The lowest BCUT2D eigenvalue weighted by molar-refractivity contribution is -0.0343. The maximum Gasteiger partial charge on any atom is 0.245 e. The highest BCUT2D eigenvalue weighted by Gasteiger charge is 2.42. The van der Waals surface area contributed by atoms with Crippen molar-refractivity contribution in [2.24, 2.45) is 0 Å². The number of halogens is 1. The summed E-state index contributed by atoms with van der Waals surface area (Å²) in [6.07, 6.45) is -0.366. The predicted octanol–water partition coefficient (Wildman–Crippen LogP) is 1.75. The van der Waals surface area contributed by atoms with Crippen LogP contribution in [0.3, 0.4) is 0 Å². The summed E-state index contributed by atoms with van der Waals surface area (Å²) in [4.78, 5) is 1.50. The van der Waals surface area contributed by atoms with Crippen molar-refractivity contribution in [2.45, 2.75) is 25.7 Å². The van der Waals surface area contributed by atoms with Crippen LogP contribution < -0.4 is 13.3 Å². The second-order valence-corrected chi connectivity index (χ2v) is 9.80. The van der Waals surface area contributed by atoms with Gasteiger partial charge in [0.05, 0.1) is 17.6 Å². The number of rotatable bonds is 4. The molecule has 0 saturated heterocycles. The molecule has 152 valence electrons. The second kappa shape index (κ2) is 6.90. The van der Waals surface area contributed by atoms with Crippen LogP contribution in [0.5, 0.6) is 5.75 Å². The van der Waals surface area contributed by atoms with Gasteiger partial charge in [-0.05, 0) is 50.2 Å². The molecule has 0 fully saturated rings. The molecule has 28 heavy (non-hydrogen) atoms. The summed E-state index contributed by atoms with van der Waals surface area (Å²) in [6.45, 7) is 3.23. The molecule has 0 saturated carbocycles. The zero-order chi connectivity index (χ0) is 20.9. The summed E-state index contributed by atoms with van der Waals surface area (Å²) < 4.78 is 66.0. The normalized spacial score (nSPS) is 18.5. The average molecular weight is 430 g/mol. The topological polar surface area (TPSA) is 104 Å². The number of ether oxygens (including phenoxy) is 1. The van der Waals surface area contributed by atoms with E-state index in [1.807, 2.05) is 0 Å². The van der Waals surface area contributed by atoms with Crippen LogP contribution in [-0.2, 0) is 20.9 Å². The number of hydrogen-bond acceptors (Lipinski definition) is 7. The first-order valence-electron chi connectivity index (χ1n) is 8.12. The lowest BCUT2D eigenvalue weighted by atomic mass is 10.0. The molecule has 0 spiro atoms. The van der Waals surface area contributed by atoms with Gasteiger partial charge in [0.25, 0.3) is 0 Å². The smallest absolute Gasteiger partial charge is 0.245 e. The molecule has 0 bridgehead atoms. The number of hydrogen-bond donors (Lipinski definition) is 2. The molecule has 2 aromatic carbocycles. The Bertz CT molecular complexity index is 1080. The predicted molar refractivity (Wildman–Crippen MR) is 103 cm³/mol. The highest BCUT2D eigenvalue weighted by atomic mass is 32.3. The van der Waals surface area contributed by atoms with Crippen molar-refractivity contribution in [3.05, 3.63) is 48.3 Å². The molecule has 0 amide bonds. The summed E-state index contributed by atoms with van der Waals surface area (Å²) >= 11 is 0. The molecular formula is C17H19FN2O6S2. The summed E-state index contributed by atoms with van der Waals surface area (Å²) in [6, 6.07) is 9.44.